The second-order valence-electron chi connectivity index (χ2n) is 7.41. The Morgan fingerprint density at radius 3 is 2.44 bits per heavy atom. The Kier molecular flexibility index (Phi) is 5.21. The van der Waals surface area contributed by atoms with Crippen LogP contribution in [-0.2, 0) is 40.3 Å². The summed E-state index contributed by atoms with van der Waals surface area (Å²) in [7, 11) is -3.33. The van der Waals surface area contributed by atoms with Crippen LogP contribution in [0.15, 0.2) is 17.6 Å². The zero-order valence-corrected chi connectivity index (χ0v) is 16.1. The van der Waals surface area contributed by atoms with Crippen LogP contribution in [0.2, 0.25) is 0 Å². The fraction of sp³-hybridized carbons (Fsp3) is 0.526. The standard InChI is InChI=1S/C19H26N4O3S/c20-27(25,9-3-8-21-15-11-26-12-15)23-19(24)22-18-16-6-1-4-13(16)10-14-5-2-7-17(14)18/h3,9-10,15,21H,1-2,4-8,11-12H2,(H3,20,22,23,24,25)/b9-3+. The molecule has 1 saturated heterocycles. The Morgan fingerprint density at radius 2 is 1.85 bits per heavy atom. The quantitative estimate of drug-likeness (QED) is 0.598. The molecule has 27 heavy (non-hydrogen) atoms. The minimum atomic E-state index is -3.33. The van der Waals surface area contributed by atoms with Gasteiger partial charge in [0.25, 0.3) is 0 Å². The van der Waals surface area contributed by atoms with Crippen LogP contribution < -0.4 is 15.4 Å². The van der Waals surface area contributed by atoms with Crippen molar-refractivity contribution < 1.29 is 13.7 Å². The number of ether oxygens (including phenoxy) is 1. The highest BCUT2D eigenvalue weighted by atomic mass is 32.2. The van der Waals surface area contributed by atoms with E-state index in [9.17, 15) is 9.00 Å². The smallest absolute Gasteiger partial charge is 0.331 e. The van der Waals surface area contributed by atoms with Crippen molar-refractivity contribution in [1.82, 2.24) is 10.0 Å². The Bertz CT molecular complexity index is 843. The third kappa shape index (κ3) is 4.17. The van der Waals surface area contributed by atoms with Crippen LogP contribution in [-0.4, -0.2) is 36.0 Å². The molecule has 1 aliphatic heterocycles. The molecule has 2 aliphatic carbocycles. The lowest BCUT2D eigenvalue weighted by atomic mass is 9.99. The van der Waals surface area contributed by atoms with Gasteiger partial charge in [-0.3, -0.25) is 0 Å². The van der Waals surface area contributed by atoms with E-state index in [1.165, 1.54) is 27.7 Å². The molecule has 7 nitrogen and oxygen atoms in total. The molecule has 0 bridgehead atoms. The van der Waals surface area contributed by atoms with Gasteiger partial charge in [-0.2, -0.15) is 0 Å². The lowest BCUT2D eigenvalue weighted by molar-refractivity contribution is -0.00345. The van der Waals surface area contributed by atoms with Gasteiger partial charge in [0.1, 0.15) is 0 Å². The highest BCUT2D eigenvalue weighted by Gasteiger charge is 2.25. The number of anilines is 1. The number of carbonyl (C=O) groups excluding carboxylic acids is 1. The molecule has 1 heterocycles. The van der Waals surface area contributed by atoms with Crippen molar-refractivity contribution >= 4 is 21.6 Å². The number of fused-ring (bicyclic) bond motifs is 2. The van der Waals surface area contributed by atoms with E-state index in [0.717, 1.165) is 44.2 Å². The second kappa shape index (κ2) is 7.61. The number of aryl methyl sites for hydroxylation is 2. The third-order valence-electron chi connectivity index (χ3n) is 5.41. The van der Waals surface area contributed by atoms with Crippen LogP contribution in [0.3, 0.4) is 0 Å². The maximum absolute atomic E-state index is 12.4. The van der Waals surface area contributed by atoms with Crippen LogP contribution in [0.1, 0.15) is 35.1 Å². The van der Waals surface area contributed by atoms with Crippen LogP contribution in [0, 0.1) is 4.78 Å². The predicted molar refractivity (Wildman–Crippen MR) is 105 cm³/mol. The molecule has 4 N–H and O–H groups in total. The minimum absolute atomic E-state index is 0.315. The lowest BCUT2D eigenvalue weighted by Crippen LogP contribution is -2.45. The second-order valence-corrected chi connectivity index (χ2v) is 9.08. The molecule has 146 valence electrons. The average Bonchev–Trinajstić information content (AvgIpc) is 3.20. The van der Waals surface area contributed by atoms with Gasteiger partial charge >= 0.3 is 6.03 Å². The number of hydrogen-bond donors (Lipinski definition) is 4. The van der Waals surface area contributed by atoms with Crippen LogP contribution in [0.5, 0.6) is 0 Å². The number of hydrogen-bond acceptors (Lipinski definition) is 5. The fourth-order valence-corrected chi connectivity index (χ4v) is 4.81. The third-order valence-corrected chi connectivity index (χ3v) is 6.47. The topological polar surface area (TPSA) is 103 Å². The van der Waals surface area contributed by atoms with E-state index in [1.807, 2.05) is 0 Å². The Morgan fingerprint density at radius 1 is 1.19 bits per heavy atom. The summed E-state index contributed by atoms with van der Waals surface area (Å²) in [6.07, 6.45) is 7.85. The molecule has 8 heteroatoms. The van der Waals surface area contributed by atoms with Gasteiger partial charge in [-0.05, 0) is 60.8 Å². The molecule has 1 fully saturated rings. The number of benzene rings is 1. The van der Waals surface area contributed by atoms with Gasteiger partial charge in [-0.1, -0.05) is 12.1 Å². The Labute approximate surface area is 160 Å². The van der Waals surface area contributed by atoms with Gasteiger partial charge in [0.05, 0.1) is 19.3 Å². The Hall–Kier alpha value is -1.90. The van der Waals surface area contributed by atoms with Gasteiger partial charge in [0, 0.05) is 17.6 Å². The first-order valence-electron chi connectivity index (χ1n) is 9.53. The highest BCUT2D eigenvalue weighted by Crippen LogP contribution is 2.38. The molecule has 1 atom stereocenters. The average molecular weight is 391 g/mol. The van der Waals surface area contributed by atoms with Crippen LogP contribution in [0.25, 0.3) is 0 Å². The summed E-state index contributed by atoms with van der Waals surface area (Å²) < 4.78 is 27.6. The zero-order chi connectivity index (χ0) is 18.9. The van der Waals surface area contributed by atoms with Gasteiger partial charge in [0.15, 0.2) is 9.92 Å². The monoisotopic (exact) mass is 390 g/mol. The number of carbonyl (C=O) groups is 1. The molecule has 1 unspecified atom stereocenters. The first-order chi connectivity index (χ1) is 13.0. The van der Waals surface area contributed by atoms with E-state index in [1.54, 1.807) is 6.08 Å². The number of rotatable bonds is 6. The van der Waals surface area contributed by atoms with E-state index >= 15 is 0 Å². The molecule has 0 spiro atoms. The van der Waals surface area contributed by atoms with Crippen molar-refractivity contribution in [3.8, 4) is 0 Å². The SMILES string of the molecule is N=S(=O)(/C=C/CNC1COC1)NC(=O)Nc1c2c(cc3c1CCC3)CCC2. The van der Waals surface area contributed by atoms with E-state index < -0.39 is 15.9 Å². The first kappa shape index (κ1) is 18.5. The maximum atomic E-state index is 12.4. The molecule has 3 aliphatic rings. The van der Waals surface area contributed by atoms with E-state index in [2.05, 4.69) is 21.4 Å². The molecule has 2 amide bonds. The van der Waals surface area contributed by atoms with Crippen molar-refractivity contribution in [2.24, 2.45) is 0 Å². The first-order valence-corrected chi connectivity index (χ1v) is 11.2. The molecule has 0 saturated carbocycles. The van der Waals surface area contributed by atoms with E-state index in [4.69, 9.17) is 9.52 Å². The summed E-state index contributed by atoms with van der Waals surface area (Å²) in [6.45, 7) is 1.85. The summed E-state index contributed by atoms with van der Waals surface area (Å²) >= 11 is 0. The number of amides is 2. The van der Waals surface area contributed by atoms with Crippen molar-refractivity contribution in [1.29, 1.82) is 4.78 Å². The van der Waals surface area contributed by atoms with Crippen LogP contribution >= 0.6 is 0 Å². The summed E-state index contributed by atoms with van der Waals surface area (Å²) in [5.41, 5.74) is 5.96. The molecular weight excluding hydrogens is 364 g/mol. The predicted octanol–water partition coefficient (Wildman–Crippen LogP) is 2.25. The van der Waals surface area contributed by atoms with Crippen molar-refractivity contribution in [3.63, 3.8) is 0 Å². The number of urea groups is 1. The van der Waals surface area contributed by atoms with E-state index in [-0.39, 0.29) is 0 Å². The van der Waals surface area contributed by atoms with Crippen molar-refractivity contribution in [2.75, 3.05) is 25.1 Å². The molecule has 4 rings (SSSR count). The lowest BCUT2D eigenvalue weighted by Gasteiger charge is -2.26. The zero-order valence-electron chi connectivity index (χ0n) is 15.3. The normalized spacial score (nSPS) is 20.7. The molecular formula is C19H26N4O3S. The van der Waals surface area contributed by atoms with Gasteiger partial charge < -0.3 is 15.4 Å². The molecule has 0 radical (unpaired) electrons. The molecule has 1 aromatic rings. The molecule has 0 aromatic heterocycles. The Balaban J connectivity index is 1.40. The summed E-state index contributed by atoms with van der Waals surface area (Å²) in [5, 5.41) is 7.35. The maximum Gasteiger partial charge on any atom is 0.331 e. The minimum Gasteiger partial charge on any atom is -0.378 e. The van der Waals surface area contributed by atoms with Gasteiger partial charge in [-0.25, -0.2) is 18.5 Å². The van der Waals surface area contributed by atoms with Crippen molar-refractivity contribution in [2.45, 2.75) is 44.6 Å². The largest absolute Gasteiger partial charge is 0.378 e. The van der Waals surface area contributed by atoms with Gasteiger partial charge in [0.2, 0.25) is 0 Å². The van der Waals surface area contributed by atoms with Crippen molar-refractivity contribution in [3.05, 3.63) is 39.8 Å². The molecule has 1 aromatic carbocycles. The highest BCUT2D eigenvalue weighted by molar-refractivity contribution is 7.93. The summed E-state index contributed by atoms with van der Waals surface area (Å²) in [5.74, 6) is 0. The van der Waals surface area contributed by atoms with Gasteiger partial charge in [-0.15, -0.1) is 0 Å². The van der Waals surface area contributed by atoms with E-state index in [0.29, 0.717) is 25.8 Å². The fourth-order valence-electron chi connectivity index (χ4n) is 4.05. The summed E-state index contributed by atoms with van der Waals surface area (Å²) in [4.78, 5) is 12.4. The number of nitrogens with one attached hydrogen (secondary N) is 4. The summed E-state index contributed by atoms with van der Waals surface area (Å²) in [6, 6.07) is 2.04. The van der Waals surface area contributed by atoms with Crippen LogP contribution in [0.4, 0.5) is 10.5 Å².